The highest BCUT2D eigenvalue weighted by Gasteiger charge is 2.22. The number of carbonyl (C=O) groups is 1. The van der Waals surface area contributed by atoms with Gasteiger partial charge in [0.05, 0.1) is 17.6 Å². The van der Waals surface area contributed by atoms with Crippen LogP contribution in [0.25, 0.3) is 0 Å². The highest BCUT2D eigenvalue weighted by atomic mass is 35.5. The van der Waals surface area contributed by atoms with Gasteiger partial charge in [-0.05, 0) is 48.7 Å². The van der Waals surface area contributed by atoms with Crippen LogP contribution in [0.15, 0.2) is 42.5 Å². The van der Waals surface area contributed by atoms with E-state index in [-0.39, 0.29) is 17.8 Å². The maximum Gasteiger partial charge on any atom is 0.337 e. The lowest BCUT2D eigenvalue weighted by atomic mass is 10.1. The molecule has 0 atom stereocenters. The molecule has 0 spiro atoms. The standard InChI is InChI=1S/C20H21ClN2O5/c1-27-20(24)14-2-5-17(6-3-14)28-18-8-10-22(11-9-18)13-15-12-16(23(25)26)4-7-19(15)21/h2-7,12,18H,8-11,13H2,1H3. The summed E-state index contributed by atoms with van der Waals surface area (Å²) in [5.41, 5.74) is 1.29. The van der Waals surface area contributed by atoms with Crippen molar-refractivity contribution in [1.29, 1.82) is 0 Å². The number of hydrogen-bond acceptors (Lipinski definition) is 6. The summed E-state index contributed by atoms with van der Waals surface area (Å²) in [6.07, 6.45) is 1.76. The molecule has 0 unspecified atom stereocenters. The number of benzene rings is 2. The molecule has 0 N–H and O–H groups in total. The van der Waals surface area contributed by atoms with Crippen LogP contribution in [0.4, 0.5) is 5.69 Å². The average Bonchev–Trinajstić information content (AvgIpc) is 2.71. The quantitative estimate of drug-likeness (QED) is 0.410. The van der Waals surface area contributed by atoms with Gasteiger partial charge in [-0.15, -0.1) is 0 Å². The van der Waals surface area contributed by atoms with Crippen LogP contribution in [0, 0.1) is 10.1 Å². The van der Waals surface area contributed by atoms with Gasteiger partial charge in [0.1, 0.15) is 11.9 Å². The van der Waals surface area contributed by atoms with Gasteiger partial charge in [0.2, 0.25) is 0 Å². The molecule has 1 aliphatic heterocycles. The van der Waals surface area contributed by atoms with Gasteiger partial charge in [0.15, 0.2) is 0 Å². The number of rotatable bonds is 6. The van der Waals surface area contributed by atoms with Gasteiger partial charge in [-0.3, -0.25) is 15.0 Å². The van der Waals surface area contributed by atoms with E-state index in [1.54, 1.807) is 30.3 Å². The second-order valence-corrected chi connectivity index (χ2v) is 7.05. The normalized spacial score (nSPS) is 15.2. The lowest BCUT2D eigenvalue weighted by Gasteiger charge is -2.32. The van der Waals surface area contributed by atoms with Crippen molar-refractivity contribution in [3.05, 3.63) is 68.7 Å². The zero-order chi connectivity index (χ0) is 20.1. The molecule has 0 saturated carbocycles. The Balaban J connectivity index is 1.53. The summed E-state index contributed by atoms with van der Waals surface area (Å²) >= 11 is 6.19. The maximum absolute atomic E-state index is 11.5. The Morgan fingerprint density at radius 2 is 1.89 bits per heavy atom. The van der Waals surface area contributed by atoms with Gasteiger partial charge in [-0.25, -0.2) is 4.79 Å². The number of likely N-dealkylation sites (tertiary alicyclic amines) is 1. The van der Waals surface area contributed by atoms with Gasteiger partial charge in [-0.1, -0.05) is 11.6 Å². The molecule has 2 aromatic carbocycles. The highest BCUT2D eigenvalue weighted by Crippen LogP contribution is 2.26. The molecule has 0 aromatic heterocycles. The molecule has 28 heavy (non-hydrogen) atoms. The molecule has 1 saturated heterocycles. The second kappa shape index (κ2) is 9.03. The Kier molecular flexibility index (Phi) is 6.49. The zero-order valence-corrected chi connectivity index (χ0v) is 16.2. The molecule has 1 fully saturated rings. The van der Waals surface area contributed by atoms with Gasteiger partial charge < -0.3 is 9.47 Å². The molecule has 0 radical (unpaired) electrons. The Bertz CT molecular complexity index is 848. The van der Waals surface area contributed by atoms with Gasteiger partial charge in [0, 0.05) is 36.8 Å². The van der Waals surface area contributed by atoms with Crippen molar-refractivity contribution in [2.45, 2.75) is 25.5 Å². The molecule has 7 nitrogen and oxygen atoms in total. The van der Waals surface area contributed by atoms with Crippen molar-refractivity contribution in [3.63, 3.8) is 0 Å². The highest BCUT2D eigenvalue weighted by molar-refractivity contribution is 6.31. The molecule has 0 aliphatic carbocycles. The molecule has 1 heterocycles. The number of esters is 1. The summed E-state index contributed by atoms with van der Waals surface area (Å²) in [4.78, 5) is 24.2. The summed E-state index contributed by atoms with van der Waals surface area (Å²) in [5, 5.41) is 11.5. The molecule has 3 rings (SSSR count). The van der Waals surface area contributed by atoms with E-state index in [2.05, 4.69) is 9.64 Å². The number of nitro benzene ring substituents is 1. The van der Waals surface area contributed by atoms with Crippen molar-refractivity contribution in [1.82, 2.24) is 4.90 Å². The van der Waals surface area contributed by atoms with Gasteiger partial charge in [0.25, 0.3) is 5.69 Å². The maximum atomic E-state index is 11.5. The third-order valence-electron chi connectivity index (χ3n) is 4.75. The second-order valence-electron chi connectivity index (χ2n) is 6.64. The van der Waals surface area contributed by atoms with E-state index in [0.29, 0.717) is 22.9 Å². The topological polar surface area (TPSA) is 81.9 Å². The van der Waals surface area contributed by atoms with Crippen LogP contribution < -0.4 is 4.74 Å². The van der Waals surface area contributed by atoms with E-state index in [9.17, 15) is 14.9 Å². The van der Waals surface area contributed by atoms with Crippen LogP contribution >= 0.6 is 11.6 Å². The third kappa shape index (κ3) is 4.99. The van der Waals surface area contributed by atoms with Crippen LogP contribution in [0.1, 0.15) is 28.8 Å². The minimum atomic E-state index is -0.411. The largest absolute Gasteiger partial charge is 0.490 e. The fraction of sp³-hybridized carbons (Fsp3) is 0.350. The van der Waals surface area contributed by atoms with Crippen LogP contribution in [0.3, 0.4) is 0 Å². The van der Waals surface area contributed by atoms with Crippen LogP contribution in [0.5, 0.6) is 5.75 Å². The Hall–Kier alpha value is -2.64. The van der Waals surface area contributed by atoms with Crippen molar-refractivity contribution in [2.24, 2.45) is 0 Å². The van der Waals surface area contributed by atoms with E-state index in [0.717, 1.165) is 31.5 Å². The van der Waals surface area contributed by atoms with Crippen LogP contribution in [-0.2, 0) is 11.3 Å². The van der Waals surface area contributed by atoms with Gasteiger partial charge in [-0.2, -0.15) is 0 Å². The summed E-state index contributed by atoms with van der Waals surface area (Å²) < 4.78 is 10.7. The first-order valence-electron chi connectivity index (χ1n) is 8.96. The van der Waals surface area contributed by atoms with Crippen molar-refractivity contribution in [2.75, 3.05) is 20.2 Å². The van der Waals surface area contributed by atoms with E-state index >= 15 is 0 Å². The number of carbonyl (C=O) groups excluding carboxylic acids is 1. The molecular formula is C20H21ClN2O5. The monoisotopic (exact) mass is 404 g/mol. The van der Waals surface area contributed by atoms with E-state index in [1.165, 1.54) is 19.2 Å². The summed E-state index contributed by atoms with van der Waals surface area (Å²) in [7, 11) is 1.35. The smallest absolute Gasteiger partial charge is 0.337 e. The number of halogens is 1. The minimum absolute atomic E-state index is 0.0491. The number of nitrogens with zero attached hydrogens (tertiary/aromatic N) is 2. The molecule has 0 bridgehead atoms. The molecule has 2 aromatic rings. The lowest BCUT2D eigenvalue weighted by Crippen LogP contribution is -2.37. The zero-order valence-electron chi connectivity index (χ0n) is 15.5. The third-order valence-corrected chi connectivity index (χ3v) is 5.12. The van der Waals surface area contributed by atoms with E-state index in [4.69, 9.17) is 16.3 Å². The molecule has 1 aliphatic rings. The fourth-order valence-corrected chi connectivity index (χ4v) is 3.38. The number of nitro groups is 1. The summed E-state index contributed by atoms with van der Waals surface area (Å²) in [6, 6.07) is 11.4. The number of methoxy groups -OCH3 is 1. The number of ether oxygens (including phenoxy) is 2. The first-order chi connectivity index (χ1) is 13.5. The summed E-state index contributed by atoms with van der Waals surface area (Å²) in [5.74, 6) is 0.340. The predicted octanol–water partition coefficient (Wildman–Crippen LogP) is 4.08. The minimum Gasteiger partial charge on any atom is -0.490 e. The SMILES string of the molecule is COC(=O)c1ccc(OC2CCN(Cc3cc([N+](=O)[O-])ccc3Cl)CC2)cc1. The molecule has 0 amide bonds. The van der Waals surface area contributed by atoms with Crippen molar-refractivity contribution < 1.29 is 19.2 Å². The fourth-order valence-electron chi connectivity index (χ4n) is 3.20. The van der Waals surface area contributed by atoms with Gasteiger partial charge >= 0.3 is 5.97 Å². The Morgan fingerprint density at radius 1 is 1.21 bits per heavy atom. The molecular weight excluding hydrogens is 384 g/mol. The molecule has 148 valence electrons. The van der Waals surface area contributed by atoms with E-state index < -0.39 is 4.92 Å². The Labute approximate surface area is 168 Å². The number of piperidine rings is 1. The first-order valence-corrected chi connectivity index (χ1v) is 9.34. The number of non-ortho nitro benzene ring substituents is 1. The van der Waals surface area contributed by atoms with Crippen molar-refractivity contribution in [3.8, 4) is 5.75 Å². The van der Waals surface area contributed by atoms with Crippen LogP contribution in [-0.4, -0.2) is 42.1 Å². The van der Waals surface area contributed by atoms with Crippen molar-refractivity contribution >= 4 is 23.3 Å². The number of hydrogen-bond donors (Lipinski definition) is 0. The van der Waals surface area contributed by atoms with Crippen LogP contribution in [0.2, 0.25) is 5.02 Å². The molecule has 8 heteroatoms. The average molecular weight is 405 g/mol. The first kappa shape index (κ1) is 20.1. The van der Waals surface area contributed by atoms with E-state index in [1.807, 2.05) is 0 Å². The predicted molar refractivity (Wildman–Crippen MR) is 105 cm³/mol. The Morgan fingerprint density at radius 3 is 2.50 bits per heavy atom. The summed E-state index contributed by atoms with van der Waals surface area (Å²) in [6.45, 7) is 2.19. The lowest BCUT2D eigenvalue weighted by molar-refractivity contribution is -0.384.